The second kappa shape index (κ2) is 6.40. The highest BCUT2D eigenvalue weighted by Crippen LogP contribution is 2.48. The van der Waals surface area contributed by atoms with Crippen LogP contribution in [-0.2, 0) is 5.41 Å². The molecular formula is C22H30O2. The molecule has 0 aromatic heterocycles. The summed E-state index contributed by atoms with van der Waals surface area (Å²) in [4.78, 5) is 0. The van der Waals surface area contributed by atoms with E-state index in [0.717, 1.165) is 29.5 Å². The average Bonchev–Trinajstić information content (AvgIpc) is 2.57. The number of benzene rings is 1. The maximum Gasteiger partial charge on any atom is 0.121 e. The summed E-state index contributed by atoms with van der Waals surface area (Å²) in [5.74, 6) is 0.570. The highest BCUT2D eigenvalue weighted by molar-refractivity contribution is 5.51. The molecule has 24 heavy (non-hydrogen) atoms. The molecule has 0 saturated heterocycles. The van der Waals surface area contributed by atoms with Crippen molar-refractivity contribution < 1.29 is 10.2 Å². The van der Waals surface area contributed by atoms with Crippen LogP contribution < -0.4 is 0 Å². The summed E-state index contributed by atoms with van der Waals surface area (Å²) >= 11 is 0. The normalized spacial score (nSPS) is 26.7. The molecule has 1 aromatic carbocycles. The molecule has 2 nitrogen and oxygen atoms in total. The fourth-order valence-electron chi connectivity index (χ4n) is 4.60. The van der Waals surface area contributed by atoms with E-state index in [1.165, 1.54) is 30.4 Å². The molecule has 0 amide bonds. The lowest BCUT2D eigenvalue weighted by Gasteiger charge is -2.42. The Morgan fingerprint density at radius 1 is 1.00 bits per heavy atom. The third-order valence-electron chi connectivity index (χ3n) is 6.09. The van der Waals surface area contributed by atoms with Crippen LogP contribution in [0.25, 0.3) is 0 Å². The maximum absolute atomic E-state index is 10.3. The van der Waals surface area contributed by atoms with Gasteiger partial charge in [-0.15, -0.1) is 0 Å². The largest absolute Gasteiger partial charge is 0.507 e. The van der Waals surface area contributed by atoms with E-state index in [4.69, 9.17) is 0 Å². The predicted molar refractivity (Wildman–Crippen MR) is 99.4 cm³/mol. The molecule has 1 fully saturated rings. The lowest BCUT2D eigenvalue weighted by Crippen LogP contribution is -2.34. The molecule has 0 spiro atoms. The lowest BCUT2D eigenvalue weighted by atomic mass is 9.62. The number of aromatic hydroxyl groups is 1. The van der Waals surface area contributed by atoms with Crippen LogP contribution in [0.4, 0.5) is 0 Å². The predicted octanol–water partition coefficient (Wildman–Crippen LogP) is 5.09. The number of allylic oxidation sites excluding steroid dienone is 2. The van der Waals surface area contributed by atoms with Crippen molar-refractivity contribution in [2.24, 2.45) is 5.92 Å². The van der Waals surface area contributed by atoms with Crippen LogP contribution in [0, 0.1) is 19.8 Å². The summed E-state index contributed by atoms with van der Waals surface area (Å²) in [6.45, 7) is 8.12. The van der Waals surface area contributed by atoms with Crippen molar-refractivity contribution in [3.05, 3.63) is 52.1 Å². The SMILES string of the molecule is CC1=CC(C2(c3cc(C)c(O)c(C)c3)CCCCC2)=CC(C)C1O. The van der Waals surface area contributed by atoms with Gasteiger partial charge in [-0.25, -0.2) is 0 Å². The van der Waals surface area contributed by atoms with Crippen LogP contribution in [0.1, 0.15) is 62.6 Å². The van der Waals surface area contributed by atoms with Crippen molar-refractivity contribution in [2.45, 2.75) is 71.3 Å². The first-order chi connectivity index (χ1) is 11.3. The van der Waals surface area contributed by atoms with Crippen LogP contribution in [-0.4, -0.2) is 16.3 Å². The fraction of sp³-hybridized carbons (Fsp3) is 0.545. The summed E-state index contributed by atoms with van der Waals surface area (Å²) in [5, 5.41) is 20.5. The molecule has 1 aromatic rings. The highest BCUT2D eigenvalue weighted by Gasteiger charge is 2.39. The Hall–Kier alpha value is -1.54. The van der Waals surface area contributed by atoms with Crippen LogP contribution >= 0.6 is 0 Å². The number of phenolic OH excluding ortho intramolecular Hbond substituents is 1. The molecule has 0 bridgehead atoms. The average molecular weight is 326 g/mol. The van der Waals surface area contributed by atoms with E-state index in [0.29, 0.717) is 5.75 Å². The molecule has 130 valence electrons. The van der Waals surface area contributed by atoms with E-state index in [9.17, 15) is 10.2 Å². The van der Waals surface area contributed by atoms with Crippen molar-refractivity contribution in [1.82, 2.24) is 0 Å². The molecule has 2 atom stereocenters. The number of rotatable bonds is 2. The van der Waals surface area contributed by atoms with Gasteiger partial charge in [0.1, 0.15) is 5.75 Å². The van der Waals surface area contributed by atoms with Crippen LogP contribution in [0.2, 0.25) is 0 Å². The quantitative estimate of drug-likeness (QED) is 0.794. The molecule has 2 unspecified atom stereocenters. The lowest BCUT2D eigenvalue weighted by molar-refractivity contribution is 0.169. The first kappa shape index (κ1) is 17.3. The number of aliphatic hydroxyl groups is 1. The maximum atomic E-state index is 10.3. The molecule has 2 aliphatic carbocycles. The van der Waals surface area contributed by atoms with E-state index >= 15 is 0 Å². The number of hydrogen-bond acceptors (Lipinski definition) is 2. The molecule has 3 rings (SSSR count). The second-order valence-electron chi connectivity index (χ2n) is 7.92. The Labute approximate surface area is 145 Å². The molecule has 2 N–H and O–H groups in total. The third-order valence-corrected chi connectivity index (χ3v) is 6.09. The Balaban J connectivity index is 2.15. The molecule has 2 heteroatoms. The third kappa shape index (κ3) is 2.82. The van der Waals surface area contributed by atoms with Gasteiger partial charge < -0.3 is 10.2 Å². The van der Waals surface area contributed by atoms with Crippen LogP contribution in [0.3, 0.4) is 0 Å². The molecule has 0 heterocycles. The summed E-state index contributed by atoms with van der Waals surface area (Å²) in [7, 11) is 0. The van der Waals surface area contributed by atoms with Gasteiger partial charge in [0, 0.05) is 11.3 Å². The van der Waals surface area contributed by atoms with Gasteiger partial charge in [-0.05, 0) is 61.4 Å². The number of aliphatic hydroxyl groups excluding tert-OH is 1. The zero-order valence-electron chi connectivity index (χ0n) is 15.4. The van der Waals surface area contributed by atoms with Gasteiger partial charge in [0.05, 0.1) is 6.10 Å². The van der Waals surface area contributed by atoms with Gasteiger partial charge in [0.15, 0.2) is 0 Å². The molecule has 0 aliphatic heterocycles. The highest BCUT2D eigenvalue weighted by atomic mass is 16.3. The number of aryl methyl sites for hydroxylation is 2. The monoisotopic (exact) mass is 326 g/mol. The molecule has 1 saturated carbocycles. The van der Waals surface area contributed by atoms with E-state index in [1.807, 2.05) is 20.8 Å². The summed E-state index contributed by atoms with van der Waals surface area (Å²) < 4.78 is 0. The first-order valence-corrected chi connectivity index (χ1v) is 9.24. The molecule has 2 aliphatic rings. The summed E-state index contributed by atoms with van der Waals surface area (Å²) in [6, 6.07) is 4.35. The topological polar surface area (TPSA) is 40.5 Å². The number of hydrogen-bond donors (Lipinski definition) is 2. The fourth-order valence-corrected chi connectivity index (χ4v) is 4.60. The smallest absolute Gasteiger partial charge is 0.121 e. The van der Waals surface area contributed by atoms with Crippen molar-refractivity contribution >= 4 is 0 Å². The van der Waals surface area contributed by atoms with E-state index in [-0.39, 0.29) is 17.4 Å². The van der Waals surface area contributed by atoms with Crippen molar-refractivity contribution in [3.8, 4) is 5.75 Å². The second-order valence-corrected chi connectivity index (χ2v) is 7.92. The Morgan fingerprint density at radius 3 is 2.12 bits per heavy atom. The van der Waals surface area contributed by atoms with Gasteiger partial charge in [0.2, 0.25) is 0 Å². The summed E-state index contributed by atoms with van der Waals surface area (Å²) in [5.41, 5.74) is 5.70. The zero-order chi connectivity index (χ0) is 17.5. The van der Waals surface area contributed by atoms with E-state index in [1.54, 1.807) is 0 Å². The summed E-state index contributed by atoms with van der Waals surface area (Å²) in [6.07, 6.45) is 10.2. The van der Waals surface area contributed by atoms with Gasteiger partial charge in [-0.2, -0.15) is 0 Å². The van der Waals surface area contributed by atoms with Gasteiger partial charge >= 0.3 is 0 Å². The van der Waals surface area contributed by atoms with Gasteiger partial charge in [-0.1, -0.05) is 50.5 Å². The van der Waals surface area contributed by atoms with E-state index in [2.05, 4.69) is 31.2 Å². The van der Waals surface area contributed by atoms with E-state index < -0.39 is 0 Å². The van der Waals surface area contributed by atoms with Crippen molar-refractivity contribution in [2.75, 3.05) is 0 Å². The number of phenols is 1. The first-order valence-electron chi connectivity index (χ1n) is 9.24. The molecule has 0 radical (unpaired) electrons. The van der Waals surface area contributed by atoms with Crippen molar-refractivity contribution in [1.29, 1.82) is 0 Å². The van der Waals surface area contributed by atoms with Gasteiger partial charge in [-0.3, -0.25) is 0 Å². The minimum atomic E-state index is -0.363. The van der Waals surface area contributed by atoms with Crippen LogP contribution in [0.5, 0.6) is 5.75 Å². The van der Waals surface area contributed by atoms with Crippen LogP contribution in [0.15, 0.2) is 35.4 Å². The minimum Gasteiger partial charge on any atom is -0.507 e. The van der Waals surface area contributed by atoms with Crippen molar-refractivity contribution in [3.63, 3.8) is 0 Å². The Kier molecular flexibility index (Phi) is 4.61. The standard InChI is InChI=1S/C22H30O2/c1-14-10-18(11-15(2)20(14)23)22(8-6-5-7-9-22)19-12-16(3)21(24)17(4)13-19/h10-14,20,23-24H,5-9H2,1-4H3. The zero-order valence-corrected chi connectivity index (χ0v) is 15.4. The van der Waals surface area contributed by atoms with Gasteiger partial charge in [0.25, 0.3) is 0 Å². The Morgan fingerprint density at radius 2 is 1.58 bits per heavy atom. The Bertz CT molecular complexity index is 667. The minimum absolute atomic E-state index is 0.0249. The molecular weight excluding hydrogens is 296 g/mol.